The molecule has 8 heteroatoms. The van der Waals surface area contributed by atoms with Crippen molar-refractivity contribution < 1.29 is 21.6 Å². The van der Waals surface area contributed by atoms with Gasteiger partial charge in [0.1, 0.15) is 0 Å². The monoisotopic (exact) mass is 373 g/mol. The van der Waals surface area contributed by atoms with Crippen LogP contribution in [-0.2, 0) is 16.2 Å². The van der Waals surface area contributed by atoms with Crippen molar-refractivity contribution in [1.29, 1.82) is 0 Å². The number of hydrogen-bond donors (Lipinski definition) is 0. The molecule has 20 heavy (non-hydrogen) atoms. The van der Waals surface area contributed by atoms with Gasteiger partial charge in [0.25, 0.3) is 0 Å². The second-order valence-corrected chi connectivity index (χ2v) is 7.11. The average molecular weight is 374 g/mol. The zero-order valence-electron chi connectivity index (χ0n) is 11.0. The molecule has 0 fully saturated rings. The summed E-state index contributed by atoms with van der Waals surface area (Å²) in [7, 11) is -3.94. The highest BCUT2D eigenvalue weighted by molar-refractivity contribution is 9.09. The number of alkyl halides is 4. The molecule has 0 atom stereocenters. The Morgan fingerprint density at radius 3 is 2.35 bits per heavy atom. The molecule has 0 saturated heterocycles. The molecule has 0 amide bonds. The fourth-order valence-corrected chi connectivity index (χ4v) is 4.01. The Morgan fingerprint density at radius 2 is 1.90 bits per heavy atom. The van der Waals surface area contributed by atoms with Crippen LogP contribution < -0.4 is 0 Å². The molecule has 0 aromatic heterocycles. The lowest BCUT2D eigenvalue weighted by molar-refractivity contribution is -0.137. The summed E-state index contributed by atoms with van der Waals surface area (Å²) < 4.78 is 63.9. The fourth-order valence-electron chi connectivity index (χ4n) is 1.71. The topological polar surface area (TPSA) is 37.4 Å². The van der Waals surface area contributed by atoms with Crippen molar-refractivity contribution in [3.05, 3.63) is 29.8 Å². The summed E-state index contributed by atoms with van der Waals surface area (Å²) in [4.78, 5) is -0.345. The van der Waals surface area contributed by atoms with Gasteiger partial charge in [0.2, 0.25) is 10.0 Å². The van der Waals surface area contributed by atoms with E-state index in [1.807, 2.05) is 0 Å². The summed E-state index contributed by atoms with van der Waals surface area (Å²) in [5.74, 6) is 0. The van der Waals surface area contributed by atoms with Crippen LogP contribution in [0.4, 0.5) is 13.2 Å². The van der Waals surface area contributed by atoms with E-state index in [2.05, 4.69) is 15.9 Å². The zero-order valence-corrected chi connectivity index (χ0v) is 13.4. The second-order valence-electron chi connectivity index (χ2n) is 4.42. The van der Waals surface area contributed by atoms with Crippen molar-refractivity contribution in [3.8, 4) is 0 Å². The van der Waals surface area contributed by atoms with Gasteiger partial charge in [-0.25, -0.2) is 8.42 Å². The van der Waals surface area contributed by atoms with Crippen molar-refractivity contribution in [2.75, 3.05) is 11.9 Å². The summed E-state index contributed by atoms with van der Waals surface area (Å²) >= 11 is 3.14. The lowest BCUT2D eigenvalue weighted by atomic mass is 10.2. The van der Waals surface area contributed by atoms with Crippen LogP contribution in [0.1, 0.15) is 19.4 Å². The highest BCUT2D eigenvalue weighted by atomic mass is 79.9. The Bertz CT molecular complexity index is 558. The lowest BCUT2D eigenvalue weighted by Gasteiger charge is -2.25. The van der Waals surface area contributed by atoms with Crippen molar-refractivity contribution in [2.24, 2.45) is 0 Å². The van der Waals surface area contributed by atoms with Gasteiger partial charge >= 0.3 is 6.18 Å². The van der Waals surface area contributed by atoms with Crippen LogP contribution in [0.15, 0.2) is 29.2 Å². The predicted octanol–water partition coefficient (Wildman–Crippen LogP) is 3.50. The Morgan fingerprint density at radius 1 is 1.30 bits per heavy atom. The second kappa shape index (κ2) is 6.44. The third kappa shape index (κ3) is 3.95. The molecule has 0 saturated carbocycles. The maximum Gasteiger partial charge on any atom is 0.416 e. The van der Waals surface area contributed by atoms with Crippen molar-refractivity contribution in [3.63, 3.8) is 0 Å². The molecular weight excluding hydrogens is 359 g/mol. The minimum atomic E-state index is -4.57. The van der Waals surface area contributed by atoms with E-state index in [-0.39, 0.29) is 17.5 Å². The van der Waals surface area contributed by atoms with Crippen LogP contribution in [-0.4, -0.2) is 30.6 Å². The van der Waals surface area contributed by atoms with Crippen molar-refractivity contribution in [2.45, 2.75) is 31.0 Å². The van der Waals surface area contributed by atoms with E-state index in [1.165, 1.54) is 6.07 Å². The molecule has 0 radical (unpaired) electrons. The Kier molecular flexibility index (Phi) is 5.62. The Hall–Kier alpha value is -0.600. The maximum absolute atomic E-state index is 12.6. The van der Waals surface area contributed by atoms with Gasteiger partial charge in [0.05, 0.1) is 10.5 Å². The number of rotatable bonds is 5. The molecule has 0 N–H and O–H groups in total. The van der Waals surface area contributed by atoms with E-state index >= 15 is 0 Å². The smallest absolute Gasteiger partial charge is 0.207 e. The van der Waals surface area contributed by atoms with Gasteiger partial charge < -0.3 is 0 Å². The normalized spacial score (nSPS) is 13.2. The van der Waals surface area contributed by atoms with Gasteiger partial charge in [-0.2, -0.15) is 17.5 Å². The Balaban J connectivity index is 3.28. The lowest BCUT2D eigenvalue weighted by Crippen LogP contribution is -2.38. The molecule has 1 rings (SSSR count). The highest BCUT2D eigenvalue weighted by Crippen LogP contribution is 2.31. The third-order valence-corrected chi connectivity index (χ3v) is 5.07. The summed E-state index contributed by atoms with van der Waals surface area (Å²) in [6.45, 7) is 3.54. The van der Waals surface area contributed by atoms with E-state index in [4.69, 9.17) is 0 Å². The van der Waals surface area contributed by atoms with E-state index in [9.17, 15) is 21.6 Å². The van der Waals surface area contributed by atoms with Crippen molar-refractivity contribution >= 4 is 26.0 Å². The maximum atomic E-state index is 12.6. The third-order valence-electron chi connectivity index (χ3n) is 2.65. The number of nitrogens with zero attached hydrogens (tertiary/aromatic N) is 1. The van der Waals surface area contributed by atoms with Crippen LogP contribution in [0.2, 0.25) is 0 Å². The summed E-state index contributed by atoms with van der Waals surface area (Å²) in [6.07, 6.45) is -4.57. The van der Waals surface area contributed by atoms with Gasteiger partial charge in [0, 0.05) is 17.9 Å². The number of benzene rings is 1. The van der Waals surface area contributed by atoms with Gasteiger partial charge in [-0.15, -0.1) is 0 Å². The van der Waals surface area contributed by atoms with Crippen LogP contribution >= 0.6 is 15.9 Å². The first-order chi connectivity index (χ1) is 9.10. The minimum absolute atomic E-state index is 0.191. The molecule has 0 spiro atoms. The first kappa shape index (κ1) is 17.5. The molecule has 1 aromatic carbocycles. The van der Waals surface area contributed by atoms with Gasteiger partial charge in [-0.3, -0.25) is 0 Å². The summed E-state index contributed by atoms with van der Waals surface area (Å²) in [6, 6.07) is 3.45. The standard InChI is InChI=1S/C12H15BrF3NO2S/c1-9(2)17(7-6-13)20(18,19)11-5-3-4-10(8-11)12(14,15)16/h3-5,8-9H,6-7H2,1-2H3. The first-order valence-electron chi connectivity index (χ1n) is 5.85. The molecule has 3 nitrogen and oxygen atoms in total. The SMILES string of the molecule is CC(C)N(CCBr)S(=O)(=O)c1cccc(C(F)(F)F)c1. The van der Waals surface area contributed by atoms with E-state index in [0.29, 0.717) is 11.4 Å². The zero-order chi connectivity index (χ0) is 15.6. The quantitative estimate of drug-likeness (QED) is 0.740. The molecule has 0 heterocycles. The van der Waals surface area contributed by atoms with Gasteiger partial charge in [0.15, 0.2) is 0 Å². The molecule has 0 aliphatic rings. The van der Waals surface area contributed by atoms with Gasteiger partial charge in [-0.1, -0.05) is 22.0 Å². The van der Waals surface area contributed by atoms with Crippen LogP contribution in [0.5, 0.6) is 0 Å². The van der Waals surface area contributed by atoms with E-state index < -0.39 is 21.8 Å². The van der Waals surface area contributed by atoms with Crippen LogP contribution in [0, 0.1) is 0 Å². The van der Waals surface area contributed by atoms with E-state index in [1.54, 1.807) is 13.8 Å². The van der Waals surface area contributed by atoms with Crippen LogP contribution in [0.25, 0.3) is 0 Å². The molecule has 0 aliphatic heterocycles. The fraction of sp³-hybridized carbons (Fsp3) is 0.500. The van der Waals surface area contributed by atoms with Crippen LogP contribution in [0.3, 0.4) is 0 Å². The Labute approximate surface area is 125 Å². The molecule has 1 aromatic rings. The average Bonchev–Trinajstić information content (AvgIpc) is 2.34. The first-order valence-corrected chi connectivity index (χ1v) is 8.42. The van der Waals surface area contributed by atoms with E-state index in [0.717, 1.165) is 16.4 Å². The predicted molar refractivity (Wildman–Crippen MR) is 74.3 cm³/mol. The molecule has 0 aliphatic carbocycles. The summed E-state index contributed by atoms with van der Waals surface area (Å²) in [5, 5.41) is 0.406. The minimum Gasteiger partial charge on any atom is -0.207 e. The number of sulfonamides is 1. The van der Waals surface area contributed by atoms with Crippen molar-refractivity contribution in [1.82, 2.24) is 4.31 Å². The number of halogens is 4. The largest absolute Gasteiger partial charge is 0.416 e. The molecule has 0 bridgehead atoms. The molecule has 114 valence electrons. The number of hydrogen-bond acceptors (Lipinski definition) is 2. The summed E-state index contributed by atoms with van der Waals surface area (Å²) in [5.41, 5.74) is -0.971. The van der Waals surface area contributed by atoms with Gasteiger partial charge in [-0.05, 0) is 32.0 Å². The molecular formula is C12H15BrF3NO2S. The highest BCUT2D eigenvalue weighted by Gasteiger charge is 2.33. The molecule has 0 unspecified atom stereocenters.